The van der Waals surface area contributed by atoms with E-state index in [0.29, 0.717) is 12.1 Å². The minimum absolute atomic E-state index is 0.0913. The molecule has 0 bridgehead atoms. The van der Waals surface area contributed by atoms with E-state index in [1.54, 1.807) is 18.1 Å². The summed E-state index contributed by atoms with van der Waals surface area (Å²) in [5.74, 6) is -0.219. The van der Waals surface area contributed by atoms with Crippen molar-refractivity contribution in [3.8, 4) is 0 Å². The van der Waals surface area contributed by atoms with Gasteiger partial charge in [0.15, 0.2) is 0 Å². The minimum Gasteiger partial charge on any atom is -0.348 e. The molecule has 1 atom stereocenters. The monoisotopic (exact) mass is 261 g/mol. The average molecular weight is 261 g/mol. The zero-order chi connectivity index (χ0) is 13.8. The molecule has 0 fully saturated rings. The molecule has 1 N–H and O–H groups in total. The van der Waals surface area contributed by atoms with E-state index < -0.39 is 0 Å². The molecule has 100 valence electrons. The molecule has 1 amide bonds. The van der Waals surface area contributed by atoms with Crippen molar-refractivity contribution >= 4 is 5.91 Å². The lowest BCUT2D eigenvalue weighted by molar-refractivity contribution is 0.0935. The summed E-state index contributed by atoms with van der Waals surface area (Å²) in [5.41, 5.74) is 0.305. The van der Waals surface area contributed by atoms with E-state index in [2.05, 4.69) is 15.4 Å². The number of aryl methyl sites for hydroxylation is 1. The van der Waals surface area contributed by atoms with Gasteiger partial charge in [0, 0.05) is 25.4 Å². The number of hydrogen-bond acceptors (Lipinski definition) is 4. The maximum Gasteiger partial charge on any atom is 0.253 e. The van der Waals surface area contributed by atoms with Crippen LogP contribution in [0, 0.1) is 0 Å². The summed E-state index contributed by atoms with van der Waals surface area (Å²) in [6, 6.07) is 2.79. The fourth-order valence-electron chi connectivity index (χ4n) is 1.69. The van der Waals surface area contributed by atoms with Crippen LogP contribution in [0.2, 0.25) is 0 Å². The number of hydrogen-bond donors (Lipinski definition) is 1. The van der Waals surface area contributed by atoms with Crippen molar-refractivity contribution in [1.82, 2.24) is 24.6 Å². The van der Waals surface area contributed by atoms with Gasteiger partial charge in [0.1, 0.15) is 12.7 Å². The van der Waals surface area contributed by atoms with Crippen LogP contribution in [0.15, 0.2) is 35.8 Å². The zero-order valence-corrected chi connectivity index (χ0v) is 10.8. The van der Waals surface area contributed by atoms with Crippen molar-refractivity contribution in [3.63, 3.8) is 0 Å². The van der Waals surface area contributed by atoms with Crippen molar-refractivity contribution in [2.75, 3.05) is 0 Å². The van der Waals surface area contributed by atoms with Gasteiger partial charge in [0.25, 0.3) is 5.91 Å². The largest absolute Gasteiger partial charge is 0.348 e. The van der Waals surface area contributed by atoms with Crippen LogP contribution in [0.5, 0.6) is 0 Å². The van der Waals surface area contributed by atoms with Crippen LogP contribution in [0.25, 0.3) is 0 Å². The molecule has 0 spiro atoms. The Kier molecular flexibility index (Phi) is 3.74. The van der Waals surface area contributed by atoms with Gasteiger partial charge in [-0.15, -0.1) is 0 Å². The maximum atomic E-state index is 12.0. The molecule has 0 saturated heterocycles. The van der Waals surface area contributed by atoms with Crippen LogP contribution in [-0.2, 0) is 13.6 Å². The highest BCUT2D eigenvalue weighted by Gasteiger charge is 2.11. The molecule has 7 heteroatoms. The Balaban J connectivity index is 2.00. The first kappa shape index (κ1) is 13.0. The maximum absolute atomic E-state index is 12.0. The number of rotatable bonds is 4. The number of nitrogens with one attached hydrogen (secondary N) is 1. The lowest BCUT2D eigenvalue weighted by Gasteiger charge is -2.13. The van der Waals surface area contributed by atoms with Crippen molar-refractivity contribution in [3.05, 3.63) is 46.9 Å². The molecule has 2 heterocycles. The summed E-state index contributed by atoms with van der Waals surface area (Å²) in [6.45, 7) is 2.42. The summed E-state index contributed by atoms with van der Waals surface area (Å²) in [5, 5.41) is 6.81. The van der Waals surface area contributed by atoms with E-state index in [0.717, 1.165) is 0 Å². The molecule has 2 aromatic heterocycles. The quantitative estimate of drug-likeness (QED) is 0.826. The molecule has 0 radical (unpaired) electrons. The summed E-state index contributed by atoms with van der Waals surface area (Å²) in [4.78, 5) is 27.1. The molecule has 0 aliphatic carbocycles. The molecule has 0 unspecified atom stereocenters. The van der Waals surface area contributed by atoms with Crippen molar-refractivity contribution in [2.24, 2.45) is 7.05 Å². The van der Waals surface area contributed by atoms with Gasteiger partial charge in [0.05, 0.1) is 12.1 Å². The topological polar surface area (TPSA) is 81.8 Å². The van der Waals surface area contributed by atoms with Gasteiger partial charge >= 0.3 is 0 Å². The van der Waals surface area contributed by atoms with E-state index in [1.807, 2.05) is 6.92 Å². The Morgan fingerprint density at radius 3 is 2.89 bits per heavy atom. The smallest absolute Gasteiger partial charge is 0.253 e. The summed E-state index contributed by atoms with van der Waals surface area (Å²) >= 11 is 0. The van der Waals surface area contributed by atoms with Crippen LogP contribution in [0.4, 0.5) is 0 Å². The standard InChI is InChI=1S/C12H15N5O2/c1-9(5-17-8-13-7-14-17)15-12(19)10-3-4-11(18)16(2)6-10/h3-4,6-9H,5H2,1-2H3,(H,15,19)/t9-/m0/s1. The van der Waals surface area contributed by atoms with Gasteiger partial charge < -0.3 is 9.88 Å². The lowest BCUT2D eigenvalue weighted by atomic mass is 10.2. The molecule has 19 heavy (non-hydrogen) atoms. The van der Waals surface area contributed by atoms with E-state index in [-0.39, 0.29) is 17.5 Å². The second-order valence-electron chi connectivity index (χ2n) is 4.36. The number of pyridine rings is 1. The SMILES string of the molecule is C[C@@H](Cn1cncn1)NC(=O)c1ccc(=O)n(C)c1. The molecule has 2 aromatic rings. The summed E-state index contributed by atoms with van der Waals surface area (Å²) in [6.07, 6.45) is 4.55. The van der Waals surface area contributed by atoms with Crippen LogP contribution in [0.1, 0.15) is 17.3 Å². The van der Waals surface area contributed by atoms with Gasteiger partial charge in [-0.25, -0.2) is 4.98 Å². The number of aromatic nitrogens is 4. The van der Waals surface area contributed by atoms with Crippen molar-refractivity contribution in [1.29, 1.82) is 0 Å². The Labute approximate surface area is 109 Å². The van der Waals surface area contributed by atoms with Gasteiger partial charge in [0.2, 0.25) is 5.56 Å². The average Bonchev–Trinajstić information content (AvgIpc) is 2.85. The third-order valence-electron chi connectivity index (χ3n) is 2.65. The van der Waals surface area contributed by atoms with E-state index in [1.165, 1.54) is 29.2 Å². The molecule has 7 nitrogen and oxygen atoms in total. The Hall–Kier alpha value is -2.44. The lowest BCUT2D eigenvalue weighted by Crippen LogP contribution is -2.36. The number of nitrogens with zero attached hydrogens (tertiary/aromatic N) is 4. The predicted molar refractivity (Wildman–Crippen MR) is 68.6 cm³/mol. The Morgan fingerprint density at radius 2 is 2.26 bits per heavy atom. The summed E-state index contributed by atoms with van der Waals surface area (Å²) < 4.78 is 3.02. The van der Waals surface area contributed by atoms with Gasteiger partial charge in [-0.3, -0.25) is 14.3 Å². The minimum atomic E-state index is -0.219. The first-order valence-electron chi connectivity index (χ1n) is 5.86. The highest BCUT2D eigenvalue weighted by atomic mass is 16.2. The third-order valence-corrected chi connectivity index (χ3v) is 2.65. The molecule has 2 rings (SSSR count). The first-order chi connectivity index (χ1) is 9.06. The first-order valence-corrected chi connectivity index (χ1v) is 5.86. The van der Waals surface area contributed by atoms with Crippen LogP contribution < -0.4 is 10.9 Å². The highest BCUT2D eigenvalue weighted by molar-refractivity contribution is 5.94. The summed E-state index contributed by atoms with van der Waals surface area (Å²) in [7, 11) is 1.61. The fraction of sp³-hybridized carbons (Fsp3) is 0.333. The second kappa shape index (κ2) is 5.47. The van der Waals surface area contributed by atoms with Gasteiger partial charge in [-0.1, -0.05) is 0 Å². The highest BCUT2D eigenvalue weighted by Crippen LogP contribution is 1.97. The van der Waals surface area contributed by atoms with E-state index in [4.69, 9.17) is 0 Å². The van der Waals surface area contributed by atoms with Gasteiger partial charge in [-0.05, 0) is 13.0 Å². The predicted octanol–water partition coefficient (Wildman–Crippen LogP) is -0.205. The molecule has 0 aliphatic rings. The van der Waals surface area contributed by atoms with Crippen molar-refractivity contribution in [2.45, 2.75) is 19.5 Å². The van der Waals surface area contributed by atoms with Crippen LogP contribution in [0.3, 0.4) is 0 Å². The Morgan fingerprint density at radius 1 is 1.47 bits per heavy atom. The number of amides is 1. The van der Waals surface area contributed by atoms with E-state index in [9.17, 15) is 9.59 Å². The van der Waals surface area contributed by atoms with Crippen molar-refractivity contribution < 1.29 is 4.79 Å². The van der Waals surface area contributed by atoms with Crippen LogP contribution in [-0.4, -0.2) is 31.3 Å². The van der Waals surface area contributed by atoms with Crippen LogP contribution >= 0.6 is 0 Å². The van der Waals surface area contributed by atoms with Gasteiger partial charge in [-0.2, -0.15) is 5.10 Å². The number of carbonyl (C=O) groups excluding carboxylic acids is 1. The fourth-order valence-corrected chi connectivity index (χ4v) is 1.69. The second-order valence-corrected chi connectivity index (χ2v) is 4.36. The molecule has 0 aliphatic heterocycles. The third kappa shape index (κ3) is 3.27. The molecule has 0 saturated carbocycles. The molecule has 0 aromatic carbocycles. The molecular weight excluding hydrogens is 246 g/mol. The zero-order valence-electron chi connectivity index (χ0n) is 10.8. The molecular formula is C12H15N5O2. The van der Waals surface area contributed by atoms with E-state index >= 15 is 0 Å². The number of carbonyl (C=O) groups is 1. The normalized spacial score (nSPS) is 12.1. The Bertz CT molecular complexity index is 617.